The second-order valence-electron chi connectivity index (χ2n) is 6.89. The Morgan fingerprint density at radius 3 is 3.00 bits per heavy atom. The summed E-state index contributed by atoms with van der Waals surface area (Å²) < 4.78 is 5.78. The van der Waals surface area contributed by atoms with E-state index in [0.29, 0.717) is 12.5 Å². The number of aromatic amines is 1. The number of carbonyl (C=O) groups excluding carboxylic acids is 1. The summed E-state index contributed by atoms with van der Waals surface area (Å²) in [7, 11) is 0. The SMILES string of the molecule is Cc1cccc(OCC(=O)N2CCc3[nH]nc(C4CC4)c3C2)c1C. The standard InChI is InChI=1S/C19H23N3O2/c1-12-4-3-5-17(13(12)2)24-11-18(23)22-9-8-16-15(10-22)19(21-20-16)14-6-7-14/h3-5,14H,6-11H2,1-2H3,(H,20,21). The number of hydrogen-bond donors (Lipinski definition) is 1. The highest BCUT2D eigenvalue weighted by Gasteiger charge is 2.33. The van der Waals surface area contributed by atoms with Gasteiger partial charge in [-0.05, 0) is 43.9 Å². The normalized spacial score (nSPS) is 16.8. The number of benzene rings is 1. The van der Waals surface area contributed by atoms with E-state index in [1.807, 2.05) is 24.0 Å². The van der Waals surface area contributed by atoms with Crippen LogP contribution in [-0.4, -0.2) is 34.2 Å². The molecule has 4 rings (SSSR count). The summed E-state index contributed by atoms with van der Waals surface area (Å²) in [5.74, 6) is 1.44. The van der Waals surface area contributed by atoms with Gasteiger partial charge in [0.05, 0.1) is 5.69 Å². The third kappa shape index (κ3) is 2.79. The van der Waals surface area contributed by atoms with Gasteiger partial charge in [0.1, 0.15) is 5.75 Å². The maximum absolute atomic E-state index is 12.6. The monoisotopic (exact) mass is 325 g/mol. The predicted molar refractivity (Wildman–Crippen MR) is 91.1 cm³/mol. The van der Waals surface area contributed by atoms with Crippen molar-refractivity contribution in [3.05, 3.63) is 46.3 Å². The van der Waals surface area contributed by atoms with Crippen molar-refractivity contribution in [1.82, 2.24) is 15.1 Å². The zero-order valence-corrected chi connectivity index (χ0v) is 14.3. The molecule has 0 atom stereocenters. The van der Waals surface area contributed by atoms with Gasteiger partial charge in [-0.15, -0.1) is 0 Å². The van der Waals surface area contributed by atoms with E-state index in [2.05, 4.69) is 23.2 Å². The molecule has 0 bridgehead atoms. The smallest absolute Gasteiger partial charge is 0.260 e. The fourth-order valence-electron chi connectivity index (χ4n) is 3.34. The Hall–Kier alpha value is -2.30. The lowest BCUT2D eigenvalue weighted by Gasteiger charge is -2.27. The molecule has 2 aliphatic rings. The Morgan fingerprint density at radius 1 is 1.38 bits per heavy atom. The first-order valence-corrected chi connectivity index (χ1v) is 8.66. The lowest BCUT2D eigenvalue weighted by molar-refractivity contribution is -0.134. The molecule has 5 nitrogen and oxygen atoms in total. The van der Waals surface area contributed by atoms with Crippen LogP contribution in [0.5, 0.6) is 5.75 Å². The van der Waals surface area contributed by atoms with Crippen LogP contribution in [0.2, 0.25) is 0 Å². The Bertz CT molecular complexity index is 777. The molecule has 0 radical (unpaired) electrons. The van der Waals surface area contributed by atoms with Crippen LogP contribution in [0.1, 0.15) is 46.8 Å². The summed E-state index contributed by atoms with van der Waals surface area (Å²) in [5.41, 5.74) is 5.89. The van der Waals surface area contributed by atoms with Gasteiger partial charge in [-0.3, -0.25) is 9.89 Å². The lowest BCUT2D eigenvalue weighted by Crippen LogP contribution is -2.39. The van der Waals surface area contributed by atoms with Crippen molar-refractivity contribution in [3.8, 4) is 5.75 Å². The molecule has 2 aromatic rings. The molecule has 0 saturated heterocycles. The van der Waals surface area contributed by atoms with Gasteiger partial charge in [0.2, 0.25) is 0 Å². The van der Waals surface area contributed by atoms with Crippen LogP contribution in [0.25, 0.3) is 0 Å². The summed E-state index contributed by atoms with van der Waals surface area (Å²) in [6.45, 7) is 5.56. The molecule has 1 amide bonds. The van der Waals surface area contributed by atoms with Gasteiger partial charge in [-0.25, -0.2) is 0 Å². The van der Waals surface area contributed by atoms with Crippen LogP contribution in [0.15, 0.2) is 18.2 Å². The topological polar surface area (TPSA) is 58.2 Å². The van der Waals surface area contributed by atoms with Crippen LogP contribution in [0.4, 0.5) is 0 Å². The molecule has 1 aliphatic carbocycles. The first-order valence-electron chi connectivity index (χ1n) is 8.66. The molecule has 1 fully saturated rings. The highest BCUT2D eigenvalue weighted by molar-refractivity contribution is 5.78. The van der Waals surface area contributed by atoms with Crippen LogP contribution in [0.3, 0.4) is 0 Å². The molecule has 24 heavy (non-hydrogen) atoms. The van der Waals surface area contributed by atoms with Crippen molar-refractivity contribution in [3.63, 3.8) is 0 Å². The maximum Gasteiger partial charge on any atom is 0.260 e. The number of fused-ring (bicyclic) bond motifs is 1. The minimum absolute atomic E-state index is 0.0458. The largest absolute Gasteiger partial charge is 0.483 e. The fourth-order valence-corrected chi connectivity index (χ4v) is 3.34. The number of carbonyl (C=O) groups is 1. The van der Waals surface area contributed by atoms with Crippen molar-refractivity contribution >= 4 is 5.91 Å². The molecular formula is C19H23N3O2. The van der Waals surface area contributed by atoms with Crippen LogP contribution in [-0.2, 0) is 17.8 Å². The minimum Gasteiger partial charge on any atom is -0.483 e. The number of nitrogens with one attached hydrogen (secondary N) is 1. The number of ether oxygens (including phenoxy) is 1. The highest BCUT2D eigenvalue weighted by atomic mass is 16.5. The van der Waals surface area contributed by atoms with Crippen LogP contribution >= 0.6 is 0 Å². The maximum atomic E-state index is 12.6. The minimum atomic E-state index is 0.0458. The van der Waals surface area contributed by atoms with Gasteiger partial charge >= 0.3 is 0 Å². The molecule has 2 heterocycles. The van der Waals surface area contributed by atoms with Crippen LogP contribution < -0.4 is 4.74 Å². The summed E-state index contributed by atoms with van der Waals surface area (Å²) in [4.78, 5) is 14.5. The second kappa shape index (κ2) is 5.96. The van der Waals surface area contributed by atoms with E-state index in [4.69, 9.17) is 4.74 Å². The molecule has 1 aliphatic heterocycles. The summed E-state index contributed by atoms with van der Waals surface area (Å²) in [6, 6.07) is 5.93. The van der Waals surface area contributed by atoms with E-state index in [9.17, 15) is 4.79 Å². The number of nitrogens with zero attached hydrogens (tertiary/aromatic N) is 2. The molecule has 0 spiro atoms. The van der Waals surface area contributed by atoms with Crippen LogP contribution in [0, 0.1) is 13.8 Å². The Balaban J connectivity index is 1.42. The van der Waals surface area contributed by atoms with Crippen molar-refractivity contribution in [2.24, 2.45) is 0 Å². The zero-order valence-electron chi connectivity index (χ0n) is 14.3. The molecule has 5 heteroatoms. The quantitative estimate of drug-likeness (QED) is 0.940. The lowest BCUT2D eigenvalue weighted by atomic mass is 10.0. The highest BCUT2D eigenvalue weighted by Crippen LogP contribution is 2.42. The van der Waals surface area contributed by atoms with Gasteiger partial charge in [-0.2, -0.15) is 5.10 Å². The summed E-state index contributed by atoms with van der Waals surface area (Å²) in [5, 5.41) is 7.63. The molecule has 1 aromatic heterocycles. The molecular weight excluding hydrogens is 302 g/mol. The van der Waals surface area contributed by atoms with Gasteiger partial charge < -0.3 is 9.64 Å². The third-order valence-corrected chi connectivity index (χ3v) is 5.19. The van der Waals surface area contributed by atoms with Gasteiger partial charge in [-0.1, -0.05) is 12.1 Å². The Morgan fingerprint density at radius 2 is 2.21 bits per heavy atom. The molecule has 1 N–H and O–H groups in total. The number of hydrogen-bond acceptors (Lipinski definition) is 3. The first kappa shape index (κ1) is 15.2. The van der Waals surface area contributed by atoms with E-state index in [1.165, 1.54) is 35.4 Å². The number of aryl methyl sites for hydroxylation is 1. The average Bonchev–Trinajstić information content (AvgIpc) is 3.35. The van der Waals surface area contributed by atoms with E-state index in [0.717, 1.165) is 24.3 Å². The Kier molecular flexibility index (Phi) is 3.79. The zero-order chi connectivity index (χ0) is 16.7. The number of rotatable bonds is 4. The predicted octanol–water partition coefficient (Wildman–Crippen LogP) is 2.87. The number of H-pyrrole nitrogens is 1. The fraction of sp³-hybridized carbons (Fsp3) is 0.474. The average molecular weight is 325 g/mol. The third-order valence-electron chi connectivity index (χ3n) is 5.19. The summed E-state index contributed by atoms with van der Waals surface area (Å²) >= 11 is 0. The van der Waals surface area contributed by atoms with Crippen molar-refractivity contribution in [2.45, 2.75) is 45.6 Å². The molecule has 0 unspecified atom stereocenters. The summed E-state index contributed by atoms with van der Waals surface area (Å²) in [6.07, 6.45) is 3.30. The molecule has 1 aromatic carbocycles. The van der Waals surface area contributed by atoms with Gasteiger partial charge in [0.15, 0.2) is 6.61 Å². The van der Waals surface area contributed by atoms with E-state index < -0.39 is 0 Å². The number of amides is 1. The molecule has 1 saturated carbocycles. The van der Waals surface area contributed by atoms with Crippen molar-refractivity contribution in [2.75, 3.05) is 13.2 Å². The molecule has 126 valence electrons. The van der Waals surface area contributed by atoms with E-state index in [-0.39, 0.29) is 12.5 Å². The van der Waals surface area contributed by atoms with Gasteiger partial charge in [0.25, 0.3) is 5.91 Å². The van der Waals surface area contributed by atoms with E-state index in [1.54, 1.807) is 0 Å². The van der Waals surface area contributed by atoms with Crippen molar-refractivity contribution < 1.29 is 9.53 Å². The van der Waals surface area contributed by atoms with Crippen molar-refractivity contribution in [1.29, 1.82) is 0 Å². The number of aromatic nitrogens is 2. The second-order valence-corrected chi connectivity index (χ2v) is 6.89. The first-order chi connectivity index (χ1) is 11.6. The Labute approximate surface area is 142 Å². The van der Waals surface area contributed by atoms with E-state index >= 15 is 0 Å². The van der Waals surface area contributed by atoms with Gasteiger partial charge in [0, 0.05) is 36.7 Å².